The Morgan fingerprint density at radius 2 is 1.81 bits per heavy atom. The average Bonchev–Trinajstić information content (AvgIpc) is 3.20. The van der Waals surface area contributed by atoms with Crippen molar-refractivity contribution in [1.29, 1.82) is 0 Å². The lowest BCUT2D eigenvalue weighted by Gasteiger charge is -2.23. The molecule has 0 aromatic heterocycles. The molecule has 26 heavy (non-hydrogen) atoms. The van der Waals surface area contributed by atoms with E-state index in [-0.39, 0.29) is 6.04 Å². The predicted octanol–water partition coefficient (Wildman–Crippen LogP) is 2.14. The van der Waals surface area contributed by atoms with E-state index in [2.05, 4.69) is 15.9 Å². The predicted molar refractivity (Wildman–Crippen MR) is 96.8 cm³/mol. The zero-order valence-electron chi connectivity index (χ0n) is 14.5. The molecule has 1 aliphatic carbocycles. The topological polar surface area (TPSA) is 78.0 Å². The Morgan fingerprint density at radius 1 is 1.15 bits per heavy atom. The highest BCUT2D eigenvalue weighted by molar-refractivity contribution is 9.10. The molecular formula is C18H20BrN3O4. The first-order chi connectivity index (χ1) is 12.4. The van der Waals surface area contributed by atoms with Crippen LogP contribution in [0.25, 0.3) is 0 Å². The van der Waals surface area contributed by atoms with Gasteiger partial charge in [0.1, 0.15) is 6.54 Å². The summed E-state index contributed by atoms with van der Waals surface area (Å²) in [6, 6.07) is 6.60. The quantitative estimate of drug-likeness (QED) is 0.538. The van der Waals surface area contributed by atoms with Gasteiger partial charge < -0.3 is 4.90 Å². The van der Waals surface area contributed by atoms with Crippen LogP contribution in [0.3, 0.4) is 0 Å². The zero-order chi connectivity index (χ0) is 18.8. The molecule has 138 valence electrons. The van der Waals surface area contributed by atoms with Crippen molar-refractivity contribution in [3.05, 3.63) is 34.3 Å². The zero-order valence-corrected chi connectivity index (χ0v) is 16.1. The van der Waals surface area contributed by atoms with Crippen LogP contribution in [0.5, 0.6) is 0 Å². The summed E-state index contributed by atoms with van der Waals surface area (Å²) in [5, 5.41) is 0. The second kappa shape index (κ2) is 7.57. The van der Waals surface area contributed by atoms with Gasteiger partial charge in [-0.3, -0.25) is 19.3 Å². The summed E-state index contributed by atoms with van der Waals surface area (Å²) < 4.78 is 0.871. The maximum Gasteiger partial charge on any atom is 0.334 e. The number of hydrogen-bond donors (Lipinski definition) is 0. The van der Waals surface area contributed by atoms with Crippen LogP contribution in [0, 0.1) is 0 Å². The number of likely N-dealkylation sites (N-methyl/N-ethyl adjacent to an activating group) is 1. The smallest absolute Gasteiger partial charge is 0.334 e. The second-order valence-corrected chi connectivity index (χ2v) is 7.48. The molecule has 1 saturated heterocycles. The number of carbonyl (C=O) groups is 4. The number of urea groups is 1. The Labute approximate surface area is 160 Å². The number of amides is 5. The molecule has 1 saturated carbocycles. The highest BCUT2D eigenvalue weighted by Gasteiger charge is 2.48. The third-order valence-corrected chi connectivity index (χ3v) is 5.63. The lowest BCUT2D eigenvalue weighted by Crippen LogP contribution is -2.43. The monoisotopic (exact) mass is 421 g/mol. The number of nitrogens with zero attached hydrogens (tertiary/aromatic N) is 3. The molecule has 8 heteroatoms. The molecule has 0 bridgehead atoms. The van der Waals surface area contributed by atoms with Gasteiger partial charge in [-0.15, -0.1) is 0 Å². The van der Waals surface area contributed by atoms with Gasteiger partial charge in [0, 0.05) is 24.1 Å². The van der Waals surface area contributed by atoms with E-state index in [0.29, 0.717) is 19.4 Å². The van der Waals surface area contributed by atoms with Crippen molar-refractivity contribution in [2.75, 3.05) is 13.6 Å². The Bertz CT molecular complexity index is 761. The van der Waals surface area contributed by atoms with Gasteiger partial charge in [0.15, 0.2) is 0 Å². The third kappa shape index (κ3) is 3.51. The van der Waals surface area contributed by atoms with Crippen molar-refractivity contribution in [2.24, 2.45) is 0 Å². The van der Waals surface area contributed by atoms with Crippen LogP contribution in [-0.2, 0) is 20.9 Å². The Kier molecular flexibility index (Phi) is 5.41. The second-order valence-electron chi connectivity index (χ2n) is 6.63. The number of imide groups is 2. The Balaban J connectivity index is 1.66. The Morgan fingerprint density at radius 3 is 2.46 bits per heavy atom. The maximum atomic E-state index is 12.5. The van der Waals surface area contributed by atoms with Gasteiger partial charge in [-0.05, 0) is 24.5 Å². The normalized spacial score (nSPS) is 18.2. The summed E-state index contributed by atoms with van der Waals surface area (Å²) in [6.45, 7) is -0.0929. The van der Waals surface area contributed by atoms with E-state index in [1.165, 1.54) is 4.90 Å². The van der Waals surface area contributed by atoms with Gasteiger partial charge in [-0.2, -0.15) is 0 Å². The van der Waals surface area contributed by atoms with Crippen molar-refractivity contribution in [3.63, 3.8) is 0 Å². The van der Waals surface area contributed by atoms with E-state index in [4.69, 9.17) is 0 Å². The number of halogens is 1. The molecule has 0 spiro atoms. The lowest BCUT2D eigenvalue weighted by molar-refractivity contribution is -0.145. The molecule has 0 unspecified atom stereocenters. The minimum absolute atomic E-state index is 0.225. The first-order valence-corrected chi connectivity index (χ1v) is 9.36. The fourth-order valence-electron chi connectivity index (χ4n) is 3.37. The van der Waals surface area contributed by atoms with Gasteiger partial charge in [-0.1, -0.05) is 47.0 Å². The molecule has 5 amide bonds. The van der Waals surface area contributed by atoms with Gasteiger partial charge in [0.25, 0.3) is 0 Å². The SMILES string of the molecule is CN(Cc1ccccc1Br)C(=O)CN1C(=O)C(=O)N(C2CCCC2)C1=O. The fourth-order valence-corrected chi connectivity index (χ4v) is 3.78. The van der Waals surface area contributed by atoms with Crippen LogP contribution in [0.15, 0.2) is 28.7 Å². The molecule has 0 atom stereocenters. The largest absolute Gasteiger partial charge is 0.340 e. The number of hydrogen-bond acceptors (Lipinski definition) is 4. The highest BCUT2D eigenvalue weighted by atomic mass is 79.9. The third-order valence-electron chi connectivity index (χ3n) is 4.86. The molecule has 7 nitrogen and oxygen atoms in total. The molecule has 3 rings (SSSR count). The summed E-state index contributed by atoms with van der Waals surface area (Å²) in [4.78, 5) is 52.6. The summed E-state index contributed by atoms with van der Waals surface area (Å²) in [5.74, 6) is -2.13. The van der Waals surface area contributed by atoms with Crippen molar-refractivity contribution >= 4 is 39.7 Å². The molecule has 0 N–H and O–H groups in total. The van der Waals surface area contributed by atoms with E-state index in [1.807, 2.05) is 24.3 Å². The minimum atomic E-state index is -0.912. The first-order valence-electron chi connectivity index (χ1n) is 8.56. The molecule has 1 heterocycles. The Hall–Kier alpha value is -2.22. The van der Waals surface area contributed by atoms with Crippen molar-refractivity contribution in [3.8, 4) is 0 Å². The molecule has 1 aliphatic heterocycles. The summed E-state index contributed by atoms with van der Waals surface area (Å²) >= 11 is 3.43. The number of rotatable bonds is 5. The van der Waals surface area contributed by atoms with Gasteiger partial charge in [0.2, 0.25) is 5.91 Å². The molecular weight excluding hydrogens is 402 g/mol. The van der Waals surface area contributed by atoms with Gasteiger partial charge in [-0.25, -0.2) is 9.69 Å². The van der Waals surface area contributed by atoms with Gasteiger partial charge in [0.05, 0.1) is 0 Å². The number of benzene rings is 1. The average molecular weight is 422 g/mol. The van der Waals surface area contributed by atoms with Crippen LogP contribution in [0.4, 0.5) is 4.79 Å². The molecule has 0 radical (unpaired) electrons. The van der Waals surface area contributed by atoms with Crippen LogP contribution >= 0.6 is 15.9 Å². The van der Waals surface area contributed by atoms with E-state index in [1.54, 1.807) is 7.05 Å². The number of carbonyl (C=O) groups excluding carboxylic acids is 4. The van der Waals surface area contributed by atoms with Crippen LogP contribution in [0.1, 0.15) is 31.2 Å². The van der Waals surface area contributed by atoms with Crippen molar-refractivity contribution in [1.82, 2.24) is 14.7 Å². The van der Waals surface area contributed by atoms with Gasteiger partial charge >= 0.3 is 17.8 Å². The van der Waals surface area contributed by atoms with E-state index in [0.717, 1.165) is 32.7 Å². The van der Waals surface area contributed by atoms with Crippen LogP contribution in [0.2, 0.25) is 0 Å². The summed E-state index contributed by atoms with van der Waals surface area (Å²) in [6.07, 6.45) is 3.30. The van der Waals surface area contributed by atoms with E-state index >= 15 is 0 Å². The van der Waals surface area contributed by atoms with E-state index < -0.39 is 30.3 Å². The molecule has 1 aromatic rings. The first kappa shape index (κ1) is 18.6. The summed E-state index contributed by atoms with van der Waals surface area (Å²) in [5.41, 5.74) is 0.908. The van der Waals surface area contributed by atoms with Crippen LogP contribution in [-0.4, -0.2) is 58.1 Å². The maximum absolute atomic E-state index is 12.5. The van der Waals surface area contributed by atoms with Crippen molar-refractivity contribution in [2.45, 2.75) is 38.3 Å². The standard InChI is InChI=1S/C18H20BrN3O4/c1-20(10-12-6-2-5-9-14(12)19)15(23)11-21-16(24)17(25)22(18(21)26)13-7-3-4-8-13/h2,5-6,9,13H,3-4,7-8,10-11H2,1H3. The molecule has 1 aromatic carbocycles. The fraction of sp³-hybridized carbons (Fsp3) is 0.444. The summed E-state index contributed by atoms with van der Waals surface area (Å²) in [7, 11) is 1.60. The minimum Gasteiger partial charge on any atom is -0.340 e. The molecule has 2 fully saturated rings. The van der Waals surface area contributed by atoms with Crippen LogP contribution < -0.4 is 0 Å². The lowest BCUT2D eigenvalue weighted by atomic mass is 10.2. The highest BCUT2D eigenvalue weighted by Crippen LogP contribution is 2.27. The molecule has 2 aliphatic rings. The van der Waals surface area contributed by atoms with Crippen molar-refractivity contribution < 1.29 is 19.2 Å². The van der Waals surface area contributed by atoms with E-state index in [9.17, 15) is 19.2 Å².